The van der Waals surface area contributed by atoms with E-state index >= 15 is 0 Å². The molecule has 1 aliphatic rings. The van der Waals surface area contributed by atoms with Crippen LogP contribution in [-0.2, 0) is 10.0 Å². The average Bonchev–Trinajstić information content (AvgIpc) is 3.04. The molecule has 8 heteroatoms. The molecule has 3 heterocycles. The third kappa shape index (κ3) is 3.22. The van der Waals surface area contributed by atoms with Gasteiger partial charge in [-0.1, -0.05) is 6.07 Å². The molecule has 1 atom stereocenters. The van der Waals surface area contributed by atoms with E-state index in [1.807, 2.05) is 0 Å². The molecule has 0 spiro atoms. The Morgan fingerprint density at radius 1 is 1.38 bits per heavy atom. The summed E-state index contributed by atoms with van der Waals surface area (Å²) in [7, 11) is -3.40. The van der Waals surface area contributed by atoms with Crippen LogP contribution in [0.3, 0.4) is 0 Å². The van der Waals surface area contributed by atoms with Gasteiger partial charge in [-0.05, 0) is 24.3 Å². The summed E-state index contributed by atoms with van der Waals surface area (Å²) < 4.78 is 32.6. The fraction of sp³-hybridized carbons (Fsp3) is 0.385. The predicted molar refractivity (Wildman–Crippen MR) is 78.8 cm³/mol. The van der Waals surface area contributed by atoms with Gasteiger partial charge in [0.05, 0.1) is 6.54 Å². The van der Waals surface area contributed by atoms with Crippen molar-refractivity contribution in [1.82, 2.24) is 14.3 Å². The van der Waals surface area contributed by atoms with E-state index in [2.05, 4.69) is 9.97 Å². The molecule has 2 aromatic heterocycles. The van der Waals surface area contributed by atoms with Crippen molar-refractivity contribution in [3.63, 3.8) is 0 Å². The predicted octanol–water partition coefficient (Wildman–Crippen LogP) is 1.77. The summed E-state index contributed by atoms with van der Waals surface area (Å²) in [6, 6.07) is 5.05. The largest absolute Gasteiger partial charge is 0.473 e. The van der Waals surface area contributed by atoms with Crippen LogP contribution in [0.15, 0.2) is 40.3 Å². The topological polar surface area (TPSA) is 72.4 Å². The summed E-state index contributed by atoms with van der Waals surface area (Å²) in [6.45, 7) is 0.883. The second kappa shape index (κ2) is 6.08. The molecule has 0 aliphatic carbocycles. The van der Waals surface area contributed by atoms with Gasteiger partial charge in [0.25, 0.3) is 10.0 Å². The first-order valence-electron chi connectivity index (χ1n) is 6.62. The van der Waals surface area contributed by atoms with E-state index in [1.165, 1.54) is 22.0 Å². The number of hydrogen-bond donors (Lipinski definition) is 0. The lowest BCUT2D eigenvalue weighted by Gasteiger charge is -2.31. The van der Waals surface area contributed by atoms with Gasteiger partial charge in [0.1, 0.15) is 16.6 Å². The maximum atomic E-state index is 12.5. The quantitative estimate of drug-likeness (QED) is 0.856. The Morgan fingerprint density at radius 3 is 3.00 bits per heavy atom. The maximum Gasteiger partial charge on any atom is 0.252 e. The van der Waals surface area contributed by atoms with Crippen molar-refractivity contribution in [1.29, 1.82) is 0 Å². The molecule has 21 heavy (non-hydrogen) atoms. The highest BCUT2D eigenvalue weighted by Crippen LogP contribution is 2.25. The Kier molecular flexibility index (Phi) is 4.18. The molecule has 112 valence electrons. The molecule has 0 saturated carbocycles. The Balaban J connectivity index is 1.71. The molecular formula is C13H15N3O3S2. The molecule has 0 N–H and O–H groups in total. The Morgan fingerprint density at radius 2 is 2.29 bits per heavy atom. The molecule has 0 bridgehead atoms. The van der Waals surface area contributed by atoms with Crippen LogP contribution < -0.4 is 4.74 Å². The van der Waals surface area contributed by atoms with Crippen molar-refractivity contribution in [2.24, 2.45) is 0 Å². The lowest BCUT2D eigenvalue weighted by atomic mass is 10.1. The highest BCUT2D eigenvalue weighted by atomic mass is 32.2. The number of hydrogen-bond acceptors (Lipinski definition) is 6. The van der Waals surface area contributed by atoms with E-state index in [1.54, 1.807) is 29.8 Å². The van der Waals surface area contributed by atoms with E-state index < -0.39 is 10.0 Å². The van der Waals surface area contributed by atoms with Crippen LogP contribution in [0, 0.1) is 0 Å². The Labute approximate surface area is 127 Å². The zero-order valence-corrected chi connectivity index (χ0v) is 12.9. The Hall–Kier alpha value is -1.51. The van der Waals surface area contributed by atoms with Crippen LogP contribution in [0.5, 0.6) is 5.88 Å². The molecule has 1 unspecified atom stereocenters. The molecule has 1 fully saturated rings. The number of ether oxygens (including phenoxy) is 1. The molecule has 0 amide bonds. The first kappa shape index (κ1) is 14.4. The van der Waals surface area contributed by atoms with Crippen LogP contribution in [-0.4, -0.2) is 41.9 Å². The number of nitrogens with zero attached hydrogens (tertiary/aromatic N) is 3. The maximum absolute atomic E-state index is 12.5. The smallest absolute Gasteiger partial charge is 0.252 e. The zero-order chi connectivity index (χ0) is 14.7. The van der Waals surface area contributed by atoms with Crippen molar-refractivity contribution in [3.05, 3.63) is 36.1 Å². The first-order chi connectivity index (χ1) is 10.2. The van der Waals surface area contributed by atoms with E-state index in [0.717, 1.165) is 12.8 Å². The standard InChI is InChI=1S/C13H15N3O3S2/c17-21(18,13-4-2-8-20-13)16-7-1-3-11(9-16)19-12-5-6-14-10-15-12/h2,4-6,8,10-11H,1,3,7,9H2. The average molecular weight is 325 g/mol. The fourth-order valence-corrected chi connectivity index (χ4v) is 4.93. The highest BCUT2D eigenvalue weighted by Gasteiger charge is 2.31. The van der Waals surface area contributed by atoms with Crippen molar-refractivity contribution >= 4 is 21.4 Å². The minimum Gasteiger partial charge on any atom is -0.473 e. The van der Waals surface area contributed by atoms with Gasteiger partial charge in [0.15, 0.2) is 0 Å². The lowest BCUT2D eigenvalue weighted by Crippen LogP contribution is -2.44. The second-order valence-corrected chi connectivity index (χ2v) is 7.84. The monoisotopic (exact) mass is 325 g/mol. The van der Waals surface area contributed by atoms with Crippen molar-refractivity contribution in [2.45, 2.75) is 23.2 Å². The second-order valence-electron chi connectivity index (χ2n) is 4.72. The van der Waals surface area contributed by atoms with Crippen molar-refractivity contribution in [2.75, 3.05) is 13.1 Å². The molecule has 6 nitrogen and oxygen atoms in total. The lowest BCUT2D eigenvalue weighted by molar-refractivity contribution is 0.124. The van der Waals surface area contributed by atoms with Gasteiger partial charge >= 0.3 is 0 Å². The molecule has 1 aliphatic heterocycles. The summed E-state index contributed by atoms with van der Waals surface area (Å²) in [6.07, 6.45) is 4.44. The van der Waals surface area contributed by atoms with Gasteiger partial charge < -0.3 is 4.74 Å². The van der Waals surface area contributed by atoms with Gasteiger partial charge in [-0.3, -0.25) is 0 Å². The van der Waals surface area contributed by atoms with Crippen LogP contribution in [0.25, 0.3) is 0 Å². The number of sulfonamides is 1. The summed E-state index contributed by atoms with van der Waals surface area (Å²) in [5.41, 5.74) is 0. The summed E-state index contributed by atoms with van der Waals surface area (Å²) in [4.78, 5) is 7.84. The van der Waals surface area contributed by atoms with Crippen molar-refractivity contribution < 1.29 is 13.2 Å². The van der Waals surface area contributed by atoms with E-state index in [9.17, 15) is 8.42 Å². The summed E-state index contributed by atoms with van der Waals surface area (Å²) in [5, 5.41) is 1.77. The molecule has 3 rings (SSSR count). The van der Waals surface area contributed by atoms with Crippen LogP contribution in [0.4, 0.5) is 0 Å². The van der Waals surface area contributed by atoms with E-state index in [0.29, 0.717) is 23.2 Å². The van der Waals surface area contributed by atoms with Gasteiger partial charge in [-0.2, -0.15) is 4.31 Å². The van der Waals surface area contributed by atoms with Crippen LogP contribution in [0.2, 0.25) is 0 Å². The third-order valence-corrected chi connectivity index (χ3v) is 6.51. The van der Waals surface area contributed by atoms with E-state index in [4.69, 9.17) is 4.74 Å². The van der Waals surface area contributed by atoms with E-state index in [-0.39, 0.29) is 6.10 Å². The normalized spacial score (nSPS) is 20.3. The minimum atomic E-state index is -3.40. The van der Waals surface area contributed by atoms with Crippen LogP contribution in [0.1, 0.15) is 12.8 Å². The van der Waals surface area contributed by atoms with Gasteiger partial charge in [0.2, 0.25) is 5.88 Å². The third-order valence-electron chi connectivity index (χ3n) is 3.27. The first-order valence-corrected chi connectivity index (χ1v) is 8.94. The number of piperidine rings is 1. The molecule has 2 aromatic rings. The number of thiophene rings is 1. The number of aromatic nitrogens is 2. The molecule has 1 saturated heterocycles. The molecule has 0 radical (unpaired) electrons. The van der Waals surface area contributed by atoms with Gasteiger partial charge in [-0.15, -0.1) is 11.3 Å². The minimum absolute atomic E-state index is 0.177. The van der Waals surface area contributed by atoms with Crippen molar-refractivity contribution in [3.8, 4) is 5.88 Å². The van der Waals surface area contributed by atoms with Gasteiger partial charge in [0, 0.05) is 18.8 Å². The van der Waals surface area contributed by atoms with Gasteiger partial charge in [-0.25, -0.2) is 18.4 Å². The summed E-state index contributed by atoms with van der Waals surface area (Å²) in [5.74, 6) is 0.477. The fourth-order valence-electron chi connectivity index (χ4n) is 2.28. The summed E-state index contributed by atoms with van der Waals surface area (Å²) >= 11 is 1.24. The highest BCUT2D eigenvalue weighted by molar-refractivity contribution is 7.91. The Bertz CT molecular complexity index is 674. The molecule has 0 aromatic carbocycles. The number of rotatable bonds is 4. The van der Waals surface area contributed by atoms with Crippen LogP contribution >= 0.6 is 11.3 Å². The molecular weight excluding hydrogens is 310 g/mol. The SMILES string of the molecule is O=S(=O)(c1cccs1)N1CCCC(Oc2ccncn2)C1. The zero-order valence-electron chi connectivity index (χ0n) is 11.3.